The molecule has 0 spiro atoms. The van der Waals surface area contributed by atoms with Gasteiger partial charge in [0.25, 0.3) is 5.91 Å². The van der Waals surface area contributed by atoms with E-state index >= 15 is 0 Å². The Labute approximate surface area is 100.0 Å². The molecular weight excluding hydrogens is 226 g/mol. The molecule has 2 atom stereocenters. The molecule has 1 fully saturated rings. The molecule has 0 radical (unpaired) electrons. The fourth-order valence-electron chi connectivity index (χ4n) is 2.20. The minimum absolute atomic E-state index is 0.0462. The highest BCUT2D eigenvalue weighted by Crippen LogP contribution is 2.26. The standard InChI is InChI=1S/C11H16ClN3O/c1-15-7-9(6-13-15)11(16)14-10-4-2-3-8(10)5-12/h6-8,10H,2-5H2,1H3,(H,14,16). The number of aryl methyl sites for hydroxylation is 1. The van der Waals surface area contributed by atoms with Gasteiger partial charge in [0.05, 0.1) is 11.8 Å². The molecule has 4 nitrogen and oxygen atoms in total. The summed E-state index contributed by atoms with van der Waals surface area (Å²) in [5.74, 6) is 0.996. The summed E-state index contributed by atoms with van der Waals surface area (Å²) in [5.41, 5.74) is 0.614. The van der Waals surface area contributed by atoms with E-state index in [1.165, 1.54) is 0 Å². The Morgan fingerprint density at radius 1 is 1.69 bits per heavy atom. The molecule has 1 aromatic heterocycles. The molecule has 2 unspecified atom stereocenters. The Morgan fingerprint density at radius 3 is 3.12 bits per heavy atom. The van der Waals surface area contributed by atoms with Gasteiger partial charge in [-0.05, 0) is 18.8 Å². The molecule has 0 aliphatic heterocycles. The molecule has 2 rings (SSSR count). The number of nitrogens with zero attached hydrogens (tertiary/aromatic N) is 2. The quantitative estimate of drug-likeness (QED) is 0.817. The summed E-state index contributed by atoms with van der Waals surface area (Å²) in [6, 6.07) is 0.227. The number of amides is 1. The second kappa shape index (κ2) is 4.87. The maximum atomic E-state index is 11.9. The van der Waals surface area contributed by atoms with Gasteiger partial charge < -0.3 is 5.32 Å². The van der Waals surface area contributed by atoms with Gasteiger partial charge in [-0.2, -0.15) is 5.10 Å². The van der Waals surface area contributed by atoms with Crippen molar-refractivity contribution in [3.8, 4) is 0 Å². The molecule has 1 aliphatic carbocycles. The van der Waals surface area contributed by atoms with Crippen LogP contribution in [0.4, 0.5) is 0 Å². The molecule has 1 aliphatic rings. The number of hydrogen-bond acceptors (Lipinski definition) is 2. The molecule has 88 valence electrons. The molecule has 1 N–H and O–H groups in total. The number of alkyl halides is 1. The van der Waals surface area contributed by atoms with Crippen LogP contribution in [-0.4, -0.2) is 27.6 Å². The van der Waals surface area contributed by atoms with E-state index in [0.29, 0.717) is 17.4 Å². The van der Waals surface area contributed by atoms with Gasteiger partial charge >= 0.3 is 0 Å². The number of aromatic nitrogens is 2. The average Bonchev–Trinajstić information content (AvgIpc) is 2.86. The van der Waals surface area contributed by atoms with Crippen molar-refractivity contribution in [2.24, 2.45) is 13.0 Å². The number of halogens is 1. The van der Waals surface area contributed by atoms with E-state index in [-0.39, 0.29) is 11.9 Å². The van der Waals surface area contributed by atoms with E-state index in [4.69, 9.17) is 11.6 Å². The van der Waals surface area contributed by atoms with Crippen molar-refractivity contribution in [1.29, 1.82) is 0 Å². The first-order chi connectivity index (χ1) is 7.70. The van der Waals surface area contributed by atoms with Gasteiger partial charge in [-0.3, -0.25) is 9.48 Å². The zero-order chi connectivity index (χ0) is 11.5. The van der Waals surface area contributed by atoms with Crippen molar-refractivity contribution in [2.45, 2.75) is 25.3 Å². The molecule has 1 saturated carbocycles. The van der Waals surface area contributed by atoms with E-state index in [1.807, 2.05) is 0 Å². The van der Waals surface area contributed by atoms with Gasteiger partial charge in [0, 0.05) is 25.2 Å². The Kier molecular flexibility index (Phi) is 3.49. The van der Waals surface area contributed by atoms with Gasteiger partial charge in [0.15, 0.2) is 0 Å². The number of rotatable bonds is 3. The third-order valence-corrected chi connectivity index (χ3v) is 3.54. The first kappa shape index (κ1) is 11.5. The predicted molar refractivity (Wildman–Crippen MR) is 62.5 cm³/mol. The minimum Gasteiger partial charge on any atom is -0.349 e. The minimum atomic E-state index is -0.0462. The Morgan fingerprint density at radius 2 is 2.50 bits per heavy atom. The Balaban J connectivity index is 1.97. The lowest BCUT2D eigenvalue weighted by Gasteiger charge is -2.18. The van der Waals surface area contributed by atoms with Crippen LogP contribution in [0.2, 0.25) is 0 Å². The van der Waals surface area contributed by atoms with Crippen LogP contribution in [0, 0.1) is 5.92 Å². The lowest BCUT2D eigenvalue weighted by molar-refractivity contribution is 0.0930. The van der Waals surface area contributed by atoms with Gasteiger partial charge in [-0.25, -0.2) is 0 Å². The normalized spacial score (nSPS) is 24.6. The van der Waals surface area contributed by atoms with Crippen molar-refractivity contribution in [1.82, 2.24) is 15.1 Å². The van der Waals surface area contributed by atoms with Crippen molar-refractivity contribution >= 4 is 17.5 Å². The van der Waals surface area contributed by atoms with Crippen molar-refractivity contribution < 1.29 is 4.79 Å². The highest BCUT2D eigenvalue weighted by molar-refractivity contribution is 6.18. The Hall–Kier alpha value is -1.03. The summed E-state index contributed by atoms with van der Waals surface area (Å²) in [5, 5.41) is 7.01. The topological polar surface area (TPSA) is 46.9 Å². The van der Waals surface area contributed by atoms with E-state index < -0.39 is 0 Å². The largest absolute Gasteiger partial charge is 0.349 e. The van der Waals surface area contributed by atoms with Crippen LogP contribution in [0.5, 0.6) is 0 Å². The van der Waals surface area contributed by atoms with E-state index in [1.54, 1.807) is 24.1 Å². The lowest BCUT2D eigenvalue weighted by atomic mass is 10.1. The summed E-state index contributed by atoms with van der Waals surface area (Å²) >= 11 is 5.87. The maximum Gasteiger partial charge on any atom is 0.254 e. The van der Waals surface area contributed by atoms with E-state index in [9.17, 15) is 4.79 Å². The fraction of sp³-hybridized carbons (Fsp3) is 0.636. The van der Waals surface area contributed by atoms with Crippen molar-refractivity contribution in [3.05, 3.63) is 18.0 Å². The molecular formula is C11H16ClN3O. The van der Waals surface area contributed by atoms with Crippen LogP contribution < -0.4 is 5.32 Å². The van der Waals surface area contributed by atoms with Crippen LogP contribution in [0.1, 0.15) is 29.6 Å². The summed E-state index contributed by atoms with van der Waals surface area (Å²) in [6.45, 7) is 0. The Bertz CT molecular complexity index is 377. The van der Waals surface area contributed by atoms with Crippen LogP contribution in [0.15, 0.2) is 12.4 Å². The molecule has 16 heavy (non-hydrogen) atoms. The summed E-state index contributed by atoms with van der Waals surface area (Å²) < 4.78 is 1.63. The fourth-order valence-corrected chi connectivity index (χ4v) is 2.57. The van der Waals surface area contributed by atoms with Gasteiger partial charge in [0.1, 0.15) is 0 Å². The summed E-state index contributed by atoms with van der Waals surface area (Å²) in [7, 11) is 1.80. The molecule has 1 aromatic rings. The number of carbonyl (C=O) groups is 1. The number of nitrogens with one attached hydrogen (secondary N) is 1. The zero-order valence-corrected chi connectivity index (χ0v) is 10.1. The average molecular weight is 242 g/mol. The van der Waals surface area contributed by atoms with Crippen LogP contribution in [0.3, 0.4) is 0 Å². The first-order valence-electron chi connectivity index (χ1n) is 5.56. The number of carbonyl (C=O) groups excluding carboxylic acids is 1. The molecule has 1 heterocycles. The molecule has 1 amide bonds. The number of hydrogen-bond donors (Lipinski definition) is 1. The van der Waals surface area contributed by atoms with Gasteiger partial charge in [-0.15, -0.1) is 11.6 Å². The molecule has 0 saturated heterocycles. The molecule has 0 aromatic carbocycles. The predicted octanol–water partition coefficient (Wildman–Crippen LogP) is 1.56. The van der Waals surface area contributed by atoms with Crippen molar-refractivity contribution in [3.63, 3.8) is 0 Å². The molecule has 5 heteroatoms. The molecule has 0 bridgehead atoms. The van der Waals surface area contributed by atoms with Gasteiger partial charge in [0.2, 0.25) is 0 Å². The monoisotopic (exact) mass is 241 g/mol. The third-order valence-electron chi connectivity index (χ3n) is 3.14. The highest BCUT2D eigenvalue weighted by Gasteiger charge is 2.28. The van der Waals surface area contributed by atoms with Gasteiger partial charge in [-0.1, -0.05) is 6.42 Å². The van der Waals surface area contributed by atoms with E-state index in [0.717, 1.165) is 19.3 Å². The van der Waals surface area contributed by atoms with Crippen LogP contribution in [0.25, 0.3) is 0 Å². The van der Waals surface area contributed by atoms with Crippen molar-refractivity contribution in [2.75, 3.05) is 5.88 Å². The van der Waals surface area contributed by atoms with Crippen LogP contribution >= 0.6 is 11.6 Å². The highest BCUT2D eigenvalue weighted by atomic mass is 35.5. The first-order valence-corrected chi connectivity index (χ1v) is 6.09. The smallest absolute Gasteiger partial charge is 0.254 e. The second-order valence-corrected chi connectivity index (χ2v) is 4.64. The third kappa shape index (κ3) is 2.38. The zero-order valence-electron chi connectivity index (χ0n) is 9.32. The van der Waals surface area contributed by atoms with E-state index in [2.05, 4.69) is 10.4 Å². The lowest BCUT2D eigenvalue weighted by Crippen LogP contribution is -2.37. The van der Waals surface area contributed by atoms with Crippen LogP contribution in [-0.2, 0) is 7.05 Å². The SMILES string of the molecule is Cn1cc(C(=O)NC2CCCC2CCl)cn1. The second-order valence-electron chi connectivity index (χ2n) is 4.33. The summed E-state index contributed by atoms with van der Waals surface area (Å²) in [4.78, 5) is 11.9. The maximum absolute atomic E-state index is 11.9. The summed E-state index contributed by atoms with van der Waals surface area (Å²) in [6.07, 6.45) is 6.60.